The van der Waals surface area contributed by atoms with Crippen molar-refractivity contribution in [2.24, 2.45) is 0 Å². The van der Waals surface area contributed by atoms with E-state index in [2.05, 4.69) is 20.7 Å². The summed E-state index contributed by atoms with van der Waals surface area (Å²) in [5.74, 6) is -0.966. The zero-order chi connectivity index (χ0) is 19.4. The molecular weight excluding hydrogens is 370 g/mol. The highest BCUT2D eigenvalue weighted by Crippen LogP contribution is 2.30. The minimum atomic E-state index is -4.59. The first-order valence-corrected chi connectivity index (χ1v) is 8.17. The monoisotopic (exact) mass is 387 g/mol. The van der Waals surface area contributed by atoms with E-state index in [0.717, 1.165) is 17.8 Å². The van der Waals surface area contributed by atoms with Gasteiger partial charge in [-0.15, -0.1) is 0 Å². The first-order valence-electron chi connectivity index (χ1n) is 8.17. The zero-order valence-electron chi connectivity index (χ0n) is 14.1. The molecule has 0 unspecified atom stereocenters. The van der Waals surface area contributed by atoms with Crippen LogP contribution in [0.2, 0.25) is 0 Å². The van der Waals surface area contributed by atoms with Crippen LogP contribution >= 0.6 is 0 Å². The number of nitrogens with zero attached hydrogens (tertiary/aromatic N) is 3. The Morgan fingerprint density at radius 2 is 2.15 bits per heavy atom. The summed E-state index contributed by atoms with van der Waals surface area (Å²) in [6.07, 6.45) is -2.76. The molecule has 27 heavy (non-hydrogen) atoms. The molecule has 0 saturated carbocycles. The number of aromatic amines is 1. The van der Waals surface area contributed by atoms with Gasteiger partial charge in [0.15, 0.2) is 0 Å². The van der Waals surface area contributed by atoms with E-state index in [0.29, 0.717) is 32.1 Å². The highest BCUT2D eigenvalue weighted by Gasteiger charge is 2.33. The Morgan fingerprint density at radius 3 is 2.78 bits per heavy atom. The lowest BCUT2D eigenvalue weighted by molar-refractivity contribution is -0.137. The van der Waals surface area contributed by atoms with Crippen LogP contribution < -0.4 is 5.32 Å². The highest BCUT2D eigenvalue weighted by atomic mass is 19.4. The largest absolute Gasteiger partial charge is 0.416 e. The van der Waals surface area contributed by atoms with Gasteiger partial charge in [0.25, 0.3) is 0 Å². The summed E-state index contributed by atoms with van der Waals surface area (Å²) < 4.78 is 56.7. The number of H-pyrrole nitrogens is 1. The Bertz CT molecular complexity index is 776. The minimum absolute atomic E-state index is 0.0403. The second kappa shape index (κ2) is 7.91. The number of ether oxygens (including phenoxy) is 1. The van der Waals surface area contributed by atoms with Crippen molar-refractivity contribution in [3.05, 3.63) is 47.0 Å². The number of alkyl halides is 3. The number of aromatic nitrogens is 3. The third-order valence-electron chi connectivity index (χ3n) is 4.11. The van der Waals surface area contributed by atoms with Gasteiger partial charge in [-0.1, -0.05) is 6.07 Å². The van der Waals surface area contributed by atoms with Crippen molar-refractivity contribution in [1.29, 1.82) is 0 Å². The van der Waals surface area contributed by atoms with Gasteiger partial charge >= 0.3 is 12.2 Å². The van der Waals surface area contributed by atoms with E-state index in [4.69, 9.17) is 4.74 Å². The van der Waals surface area contributed by atoms with Gasteiger partial charge in [0.1, 0.15) is 5.82 Å². The number of nitrogens with one attached hydrogen (secondary N) is 2. The first-order chi connectivity index (χ1) is 12.8. The molecule has 1 saturated heterocycles. The molecule has 1 aromatic carbocycles. The second-order valence-corrected chi connectivity index (χ2v) is 6.09. The predicted octanol–water partition coefficient (Wildman–Crippen LogP) is 2.12. The maximum Gasteiger partial charge on any atom is 0.416 e. The summed E-state index contributed by atoms with van der Waals surface area (Å²) in [6.45, 7) is 0.913. The van der Waals surface area contributed by atoms with Crippen LogP contribution in [-0.4, -0.2) is 52.1 Å². The van der Waals surface area contributed by atoms with Crippen LogP contribution in [0.3, 0.4) is 0 Å². The number of halogens is 4. The van der Waals surface area contributed by atoms with Crippen LogP contribution in [-0.2, 0) is 23.9 Å². The fraction of sp³-hybridized carbons (Fsp3) is 0.438. The van der Waals surface area contributed by atoms with Crippen molar-refractivity contribution < 1.29 is 27.1 Å². The molecule has 146 valence electrons. The molecule has 1 fully saturated rings. The van der Waals surface area contributed by atoms with Gasteiger partial charge in [0.2, 0.25) is 0 Å². The van der Waals surface area contributed by atoms with Gasteiger partial charge in [-0.3, -0.25) is 0 Å². The normalized spacial score (nSPS) is 14.9. The number of benzene rings is 1. The molecule has 2 amide bonds. The lowest BCUT2D eigenvalue weighted by atomic mass is 10.1. The molecule has 0 atom stereocenters. The van der Waals surface area contributed by atoms with Crippen LogP contribution in [0.4, 0.5) is 22.4 Å². The summed E-state index contributed by atoms with van der Waals surface area (Å²) >= 11 is 0. The topological polar surface area (TPSA) is 83.1 Å². The van der Waals surface area contributed by atoms with Gasteiger partial charge < -0.3 is 15.0 Å². The molecule has 3 rings (SSSR count). The quantitative estimate of drug-likeness (QED) is 0.744. The summed E-state index contributed by atoms with van der Waals surface area (Å²) in [7, 11) is 0. The average molecular weight is 387 g/mol. The van der Waals surface area contributed by atoms with E-state index in [9.17, 15) is 22.4 Å². The first kappa shape index (κ1) is 19.1. The molecule has 1 aliphatic rings. The third kappa shape index (κ3) is 4.94. The molecule has 0 radical (unpaired) electrons. The fourth-order valence-corrected chi connectivity index (χ4v) is 2.51. The number of amides is 2. The van der Waals surface area contributed by atoms with E-state index in [1.54, 1.807) is 6.20 Å². The Morgan fingerprint density at radius 1 is 1.37 bits per heavy atom. The van der Waals surface area contributed by atoms with Crippen LogP contribution in [0.1, 0.15) is 16.8 Å². The van der Waals surface area contributed by atoms with Gasteiger partial charge in [-0.25, -0.2) is 9.18 Å². The molecule has 2 heterocycles. The van der Waals surface area contributed by atoms with Crippen molar-refractivity contribution in [2.75, 3.05) is 19.6 Å². The summed E-state index contributed by atoms with van der Waals surface area (Å²) in [5.41, 5.74) is -0.266. The number of hydrogen-bond acceptors (Lipinski definition) is 4. The van der Waals surface area contributed by atoms with Gasteiger partial charge in [0.05, 0.1) is 43.3 Å². The summed E-state index contributed by atoms with van der Waals surface area (Å²) in [4.78, 5) is 13.4. The van der Waals surface area contributed by atoms with Gasteiger partial charge in [0, 0.05) is 18.5 Å². The standard InChI is InChI=1S/C16H17F4N5O2/c17-14-5-11(16(18,19)20)2-1-10(14)9-27-13-7-25(8-13)15(26)21-4-3-12-6-22-24-23-12/h1-2,5-6,13H,3-4,7-9H2,(H,21,26)(H,22,23,24). The maximum absolute atomic E-state index is 13.7. The van der Waals surface area contributed by atoms with E-state index in [1.807, 2.05) is 0 Å². The molecule has 1 aliphatic heterocycles. The van der Waals surface area contributed by atoms with Crippen LogP contribution in [0.15, 0.2) is 24.4 Å². The van der Waals surface area contributed by atoms with Crippen molar-refractivity contribution >= 4 is 6.03 Å². The van der Waals surface area contributed by atoms with Crippen molar-refractivity contribution in [3.8, 4) is 0 Å². The van der Waals surface area contributed by atoms with Crippen molar-refractivity contribution in [2.45, 2.75) is 25.3 Å². The average Bonchev–Trinajstić information content (AvgIpc) is 3.07. The van der Waals surface area contributed by atoms with E-state index < -0.39 is 17.6 Å². The highest BCUT2D eigenvalue weighted by molar-refractivity contribution is 5.75. The molecule has 7 nitrogen and oxygen atoms in total. The molecule has 11 heteroatoms. The van der Waals surface area contributed by atoms with Crippen LogP contribution in [0.25, 0.3) is 0 Å². The van der Waals surface area contributed by atoms with Crippen LogP contribution in [0.5, 0.6) is 0 Å². The van der Waals surface area contributed by atoms with Crippen molar-refractivity contribution in [1.82, 2.24) is 25.6 Å². The SMILES string of the molecule is O=C(NCCc1cn[nH]n1)N1CC(OCc2ccc(C(F)(F)F)cc2F)C1. The van der Waals surface area contributed by atoms with Gasteiger partial charge in [-0.2, -0.15) is 28.6 Å². The second-order valence-electron chi connectivity index (χ2n) is 6.09. The lowest BCUT2D eigenvalue weighted by Crippen LogP contribution is -2.57. The lowest BCUT2D eigenvalue weighted by Gasteiger charge is -2.38. The van der Waals surface area contributed by atoms with E-state index in [1.165, 1.54) is 4.90 Å². The zero-order valence-corrected chi connectivity index (χ0v) is 14.1. The van der Waals surface area contributed by atoms with E-state index >= 15 is 0 Å². The Labute approximate surface area is 151 Å². The molecule has 1 aromatic heterocycles. The van der Waals surface area contributed by atoms with Gasteiger partial charge in [-0.05, 0) is 12.1 Å². The summed E-state index contributed by atoms with van der Waals surface area (Å²) in [6, 6.07) is 2.08. The molecule has 0 bridgehead atoms. The number of carbonyl (C=O) groups excluding carboxylic acids is 1. The Balaban J connectivity index is 1.37. The molecule has 0 spiro atoms. The summed E-state index contributed by atoms with van der Waals surface area (Å²) in [5, 5.41) is 12.7. The van der Waals surface area contributed by atoms with E-state index in [-0.39, 0.29) is 24.3 Å². The number of rotatable bonds is 6. The maximum atomic E-state index is 13.7. The number of likely N-dealkylation sites (tertiary alicyclic amines) is 1. The minimum Gasteiger partial charge on any atom is -0.370 e. The number of hydrogen-bond donors (Lipinski definition) is 2. The van der Waals surface area contributed by atoms with Crippen LogP contribution in [0, 0.1) is 5.82 Å². The molecular formula is C16H17F4N5O2. The Kier molecular flexibility index (Phi) is 5.59. The Hall–Kier alpha value is -2.69. The predicted molar refractivity (Wildman–Crippen MR) is 85.0 cm³/mol. The third-order valence-corrected chi connectivity index (χ3v) is 4.11. The fourth-order valence-electron chi connectivity index (χ4n) is 2.51. The smallest absolute Gasteiger partial charge is 0.370 e. The van der Waals surface area contributed by atoms with Crippen molar-refractivity contribution in [3.63, 3.8) is 0 Å². The molecule has 2 N–H and O–H groups in total. The number of urea groups is 1. The number of carbonyl (C=O) groups is 1. The molecule has 2 aromatic rings. The molecule has 0 aliphatic carbocycles.